The second kappa shape index (κ2) is 9.72. The Morgan fingerprint density at radius 1 is 1.28 bits per heavy atom. The van der Waals surface area contributed by atoms with E-state index in [-0.39, 0.29) is 15.1 Å². The lowest BCUT2D eigenvalue weighted by molar-refractivity contribution is 0.0343. The average Bonchev–Trinajstić information content (AvgIpc) is 3.28. The number of benzene rings is 1. The molecule has 2 amide bonds. The Kier molecular flexibility index (Phi) is 6.96. The summed E-state index contributed by atoms with van der Waals surface area (Å²) < 4.78 is 11.3. The first kappa shape index (κ1) is 22.9. The molecule has 0 bridgehead atoms. The average molecular weight is 497 g/mol. The third-order valence-electron chi connectivity index (χ3n) is 5.18. The molecule has 3 heterocycles. The molecule has 1 aliphatic heterocycles. The van der Waals surface area contributed by atoms with Gasteiger partial charge in [0, 0.05) is 31.7 Å². The number of ether oxygens (including phenoxy) is 1. The number of carbonyl (C=O) groups is 2. The minimum atomic E-state index is -0.531. The van der Waals surface area contributed by atoms with Crippen molar-refractivity contribution >= 4 is 63.5 Å². The predicted octanol–water partition coefficient (Wildman–Crippen LogP) is 3.39. The number of imidazole rings is 1. The van der Waals surface area contributed by atoms with Gasteiger partial charge in [0.25, 0.3) is 5.91 Å². The van der Waals surface area contributed by atoms with Crippen LogP contribution in [-0.2, 0) is 17.8 Å². The van der Waals surface area contributed by atoms with Crippen LogP contribution in [0.3, 0.4) is 0 Å². The second-order valence-corrected chi connectivity index (χ2v) is 8.92. The van der Waals surface area contributed by atoms with Crippen LogP contribution in [0.5, 0.6) is 0 Å². The van der Waals surface area contributed by atoms with Gasteiger partial charge < -0.3 is 15.0 Å². The van der Waals surface area contributed by atoms with E-state index < -0.39 is 11.8 Å². The van der Waals surface area contributed by atoms with Crippen molar-refractivity contribution in [1.82, 2.24) is 18.8 Å². The Labute approximate surface area is 198 Å². The third kappa shape index (κ3) is 4.60. The van der Waals surface area contributed by atoms with Crippen LogP contribution in [0.15, 0.2) is 12.1 Å². The molecule has 4 rings (SSSR count). The number of nitrogens with two attached hydrogens (primary N) is 1. The van der Waals surface area contributed by atoms with E-state index in [0.717, 1.165) is 42.1 Å². The molecule has 32 heavy (non-hydrogen) atoms. The number of nitrogens with one attached hydrogen (secondary N) is 1. The van der Waals surface area contributed by atoms with Crippen LogP contribution in [0, 0.1) is 0 Å². The summed E-state index contributed by atoms with van der Waals surface area (Å²) in [6.45, 7) is 6.17. The molecule has 2 aromatic heterocycles. The number of anilines is 1. The smallest absolute Gasteiger partial charge is 0.271 e. The molecule has 0 atom stereocenters. The van der Waals surface area contributed by atoms with Crippen molar-refractivity contribution in [3.63, 3.8) is 0 Å². The van der Waals surface area contributed by atoms with Crippen molar-refractivity contribution in [2.45, 2.75) is 26.4 Å². The molecule has 9 nitrogen and oxygen atoms in total. The number of hydrogen-bond acceptors (Lipinski definition) is 7. The topological polar surface area (TPSA) is 115 Å². The Morgan fingerprint density at radius 3 is 2.66 bits per heavy atom. The second-order valence-electron chi connectivity index (χ2n) is 7.41. The first-order chi connectivity index (χ1) is 15.4. The number of carbonyl (C=O) groups excluding carboxylic acids is 2. The molecule has 3 aromatic rings. The van der Waals surface area contributed by atoms with Crippen LogP contribution < -0.4 is 11.1 Å². The number of primary amides is 1. The standard InChI is InChI=1S/C20H22Cl2N6O3S/c1-2-3-28-15-12(10-27-4-6-31-7-5-27)8-11(18(23)29)9-13(15)24-20(28)25-19(30)16-14(21)17(22)26-32-16/h8-9H,2-7,10H2,1H3,(H2,23,29)(H,24,25,30). The zero-order valence-corrected chi connectivity index (χ0v) is 19.7. The van der Waals surface area contributed by atoms with Crippen molar-refractivity contribution in [2.24, 2.45) is 5.73 Å². The van der Waals surface area contributed by atoms with E-state index in [9.17, 15) is 9.59 Å². The van der Waals surface area contributed by atoms with Gasteiger partial charge in [0.2, 0.25) is 11.9 Å². The number of amides is 2. The molecule has 170 valence electrons. The molecular formula is C20H22Cl2N6O3S. The first-order valence-corrected chi connectivity index (χ1v) is 11.7. The molecule has 12 heteroatoms. The fourth-order valence-electron chi connectivity index (χ4n) is 3.71. The number of hydrogen-bond donors (Lipinski definition) is 2. The molecular weight excluding hydrogens is 475 g/mol. The molecule has 0 radical (unpaired) electrons. The van der Waals surface area contributed by atoms with E-state index in [0.29, 0.717) is 43.3 Å². The van der Waals surface area contributed by atoms with Crippen molar-refractivity contribution in [3.8, 4) is 0 Å². The SMILES string of the molecule is CCCn1c(NC(=O)c2snc(Cl)c2Cl)nc2cc(C(N)=O)cc(CN3CCOCC3)c21. The fourth-order valence-corrected chi connectivity index (χ4v) is 4.82. The largest absolute Gasteiger partial charge is 0.379 e. The van der Waals surface area contributed by atoms with E-state index in [1.54, 1.807) is 12.1 Å². The number of rotatable bonds is 7. The van der Waals surface area contributed by atoms with E-state index >= 15 is 0 Å². The molecule has 0 aliphatic carbocycles. The van der Waals surface area contributed by atoms with Crippen LogP contribution in [0.2, 0.25) is 10.2 Å². The number of aryl methyl sites for hydroxylation is 1. The Bertz CT molecular complexity index is 1170. The molecule has 1 saturated heterocycles. The van der Waals surface area contributed by atoms with Gasteiger partial charge >= 0.3 is 0 Å². The van der Waals surface area contributed by atoms with Crippen LogP contribution >= 0.6 is 34.7 Å². The highest BCUT2D eigenvalue weighted by atomic mass is 35.5. The van der Waals surface area contributed by atoms with Crippen molar-refractivity contribution in [1.29, 1.82) is 0 Å². The van der Waals surface area contributed by atoms with E-state index in [2.05, 4.69) is 19.6 Å². The number of aromatic nitrogens is 3. The number of morpholine rings is 1. The van der Waals surface area contributed by atoms with Gasteiger partial charge in [-0.2, -0.15) is 4.37 Å². The summed E-state index contributed by atoms with van der Waals surface area (Å²) in [6, 6.07) is 3.46. The van der Waals surface area contributed by atoms with Gasteiger partial charge in [-0.25, -0.2) is 4.98 Å². The molecule has 0 spiro atoms. The molecule has 0 unspecified atom stereocenters. The van der Waals surface area contributed by atoms with Gasteiger partial charge in [0.05, 0.1) is 24.2 Å². The lowest BCUT2D eigenvalue weighted by atomic mass is 10.1. The Hall–Kier alpha value is -2.24. The highest BCUT2D eigenvalue weighted by molar-refractivity contribution is 7.09. The van der Waals surface area contributed by atoms with E-state index in [1.165, 1.54) is 0 Å². The summed E-state index contributed by atoms with van der Waals surface area (Å²) in [5.74, 6) is -0.619. The minimum absolute atomic E-state index is 0.0859. The maximum absolute atomic E-state index is 12.8. The third-order valence-corrected chi connectivity index (χ3v) is 6.98. The lowest BCUT2D eigenvalue weighted by Crippen LogP contribution is -2.35. The van der Waals surface area contributed by atoms with Gasteiger partial charge in [-0.05, 0) is 35.6 Å². The summed E-state index contributed by atoms with van der Waals surface area (Å²) in [5.41, 5.74) is 8.30. The van der Waals surface area contributed by atoms with Gasteiger partial charge in [0.1, 0.15) is 9.90 Å². The number of fused-ring (bicyclic) bond motifs is 1. The molecule has 1 aliphatic rings. The van der Waals surface area contributed by atoms with Crippen LogP contribution in [0.4, 0.5) is 5.95 Å². The Balaban J connectivity index is 1.78. The minimum Gasteiger partial charge on any atom is -0.379 e. The monoisotopic (exact) mass is 496 g/mol. The lowest BCUT2D eigenvalue weighted by Gasteiger charge is -2.27. The van der Waals surface area contributed by atoms with Crippen LogP contribution in [-0.4, -0.2) is 56.9 Å². The van der Waals surface area contributed by atoms with Gasteiger partial charge in [-0.1, -0.05) is 30.1 Å². The number of nitrogens with zero attached hydrogens (tertiary/aromatic N) is 4. The summed E-state index contributed by atoms with van der Waals surface area (Å²) >= 11 is 12.9. The quantitative estimate of drug-likeness (QED) is 0.517. The van der Waals surface area contributed by atoms with Gasteiger partial charge in [-0.15, -0.1) is 0 Å². The zero-order chi connectivity index (χ0) is 22.8. The highest BCUT2D eigenvalue weighted by Gasteiger charge is 2.23. The molecule has 0 saturated carbocycles. The van der Waals surface area contributed by atoms with Crippen molar-refractivity contribution in [3.05, 3.63) is 38.3 Å². The van der Waals surface area contributed by atoms with Crippen LogP contribution in [0.1, 0.15) is 38.9 Å². The Morgan fingerprint density at radius 2 is 2.03 bits per heavy atom. The maximum Gasteiger partial charge on any atom is 0.271 e. The predicted molar refractivity (Wildman–Crippen MR) is 125 cm³/mol. The molecule has 1 aromatic carbocycles. The van der Waals surface area contributed by atoms with E-state index in [4.69, 9.17) is 33.7 Å². The summed E-state index contributed by atoms with van der Waals surface area (Å²) in [6.07, 6.45) is 0.816. The molecule has 1 fully saturated rings. The maximum atomic E-state index is 12.8. The van der Waals surface area contributed by atoms with Crippen molar-refractivity contribution in [2.75, 3.05) is 31.6 Å². The van der Waals surface area contributed by atoms with Crippen LogP contribution in [0.25, 0.3) is 11.0 Å². The zero-order valence-electron chi connectivity index (χ0n) is 17.4. The summed E-state index contributed by atoms with van der Waals surface area (Å²) in [5, 5.41) is 3.02. The molecule has 3 N–H and O–H groups in total. The highest BCUT2D eigenvalue weighted by Crippen LogP contribution is 2.31. The summed E-state index contributed by atoms with van der Waals surface area (Å²) in [4.78, 5) is 31.9. The van der Waals surface area contributed by atoms with E-state index in [1.807, 2.05) is 11.5 Å². The summed E-state index contributed by atoms with van der Waals surface area (Å²) in [7, 11) is 0. The van der Waals surface area contributed by atoms with Gasteiger partial charge in [0.15, 0.2) is 5.15 Å². The van der Waals surface area contributed by atoms with Gasteiger partial charge in [-0.3, -0.25) is 19.8 Å². The van der Waals surface area contributed by atoms with Crippen molar-refractivity contribution < 1.29 is 14.3 Å². The number of halogens is 2. The first-order valence-electron chi connectivity index (χ1n) is 10.1. The fraction of sp³-hybridized carbons (Fsp3) is 0.400. The normalized spacial score (nSPS) is 14.7.